The Kier molecular flexibility index (Phi) is 17.6. The molecule has 5 amide bonds. The Morgan fingerprint density at radius 3 is 1.83 bits per heavy atom. The molecule has 0 aliphatic carbocycles. The molecule has 420 valence electrons. The molecule has 0 radical (unpaired) electrons. The number of ether oxygens (including phenoxy) is 3. The Hall–Kier alpha value is -8.80. The number of fused-ring (bicyclic) bond motifs is 4. The maximum absolute atomic E-state index is 14.1. The van der Waals surface area contributed by atoms with Gasteiger partial charge in [0, 0.05) is 100 Å². The number of aryl methyl sites for hydroxylation is 2. The quantitative estimate of drug-likeness (QED) is 0.0467. The number of aromatic carboxylic acids is 1. The van der Waals surface area contributed by atoms with E-state index in [1.165, 1.54) is 24.2 Å². The van der Waals surface area contributed by atoms with Gasteiger partial charge in [-0.15, -0.1) is 0 Å². The van der Waals surface area contributed by atoms with Crippen molar-refractivity contribution in [1.29, 1.82) is 0 Å². The van der Waals surface area contributed by atoms with Crippen LogP contribution in [0.15, 0.2) is 107 Å². The molecule has 0 spiro atoms. The average molecular weight is 1100 g/mol. The fraction of sp³-hybridized carbons (Fsp3) is 0.365. The topological polar surface area (TPSA) is 231 Å². The monoisotopic (exact) mass is 1100 g/mol. The number of methoxy groups -OCH3 is 1. The first-order chi connectivity index (χ1) is 39.0. The van der Waals surface area contributed by atoms with Crippen molar-refractivity contribution in [3.05, 3.63) is 136 Å². The molecule has 4 aromatic rings. The molecular formula is C63H66N6O12. The van der Waals surface area contributed by atoms with Gasteiger partial charge in [-0.3, -0.25) is 48.4 Å². The van der Waals surface area contributed by atoms with Crippen molar-refractivity contribution in [2.24, 2.45) is 21.8 Å². The lowest BCUT2D eigenvalue weighted by Gasteiger charge is -2.22. The molecule has 5 heterocycles. The predicted molar refractivity (Wildman–Crippen MR) is 304 cm³/mol. The Balaban J connectivity index is 0.721. The number of rotatable bonds is 25. The number of benzene rings is 4. The van der Waals surface area contributed by atoms with Crippen LogP contribution < -0.4 is 19.5 Å². The highest BCUT2D eigenvalue weighted by Gasteiger charge is 2.36. The molecule has 0 aromatic heterocycles. The first-order valence-electron chi connectivity index (χ1n) is 27.5. The van der Waals surface area contributed by atoms with E-state index in [4.69, 9.17) is 24.2 Å². The second-order valence-electron chi connectivity index (χ2n) is 21.4. The van der Waals surface area contributed by atoms with Gasteiger partial charge in [0.25, 0.3) is 23.6 Å². The summed E-state index contributed by atoms with van der Waals surface area (Å²) in [6.45, 7) is 8.23. The number of carbonyl (C=O) groups excluding carboxylic acids is 7. The molecule has 4 atom stereocenters. The molecule has 0 bridgehead atoms. The fourth-order valence-corrected chi connectivity index (χ4v) is 10.6. The number of Topliss-reactive ketones (excluding diaryl/α,β-unsaturated/α-hetero) is 2. The zero-order chi connectivity index (χ0) is 57.5. The van der Waals surface area contributed by atoms with Crippen molar-refractivity contribution in [2.75, 3.05) is 26.9 Å². The van der Waals surface area contributed by atoms with Crippen molar-refractivity contribution < 1.29 is 57.7 Å². The van der Waals surface area contributed by atoms with E-state index in [-0.39, 0.29) is 90.5 Å². The number of hydrogen-bond acceptors (Lipinski definition) is 13. The third-order valence-corrected chi connectivity index (χ3v) is 15.3. The van der Waals surface area contributed by atoms with E-state index in [0.29, 0.717) is 97.8 Å². The molecule has 18 heteroatoms. The van der Waals surface area contributed by atoms with Gasteiger partial charge in [0.2, 0.25) is 5.91 Å². The number of imide groups is 1. The minimum atomic E-state index is -0.998. The predicted octanol–water partition coefficient (Wildman–Crippen LogP) is 9.22. The number of carboxylic acid groups (broad SMARTS) is 1. The van der Waals surface area contributed by atoms with E-state index in [1.54, 1.807) is 77.7 Å². The maximum Gasteiger partial charge on any atom is 0.335 e. The lowest BCUT2D eigenvalue weighted by atomic mass is 9.89. The zero-order valence-electron chi connectivity index (χ0n) is 46.1. The number of unbranched alkanes of at least 4 members (excludes halogenated alkanes) is 2. The molecule has 0 saturated carbocycles. The third kappa shape index (κ3) is 13.1. The molecule has 4 aromatic carbocycles. The van der Waals surface area contributed by atoms with Gasteiger partial charge in [-0.1, -0.05) is 63.6 Å². The van der Waals surface area contributed by atoms with Crippen molar-refractivity contribution in [3.63, 3.8) is 0 Å². The van der Waals surface area contributed by atoms with Gasteiger partial charge in [0.05, 0.1) is 66.5 Å². The van der Waals surface area contributed by atoms with Crippen LogP contribution in [-0.2, 0) is 30.4 Å². The first kappa shape index (κ1) is 56.9. The Labute approximate surface area is 470 Å². The number of carboxylic acids is 1. The highest BCUT2D eigenvalue weighted by Crippen LogP contribution is 2.41. The van der Waals surface area contributed by atoms with Gasteiger partial charge in [0.1, 0.15) is 11.5 Å². The molecule has 5 aliphatic rings. The van der Waals surface area contributed by atoms with Crippen molar-refractivity contribution in [3.8, 4) is 17.2 Å². The SMILES string of the molecule is COc1cc2c(cc1OCCCOc1cc3c(cc1C)C(=O)N1C=C(c4ccc(C(=O)O)cc4)C[C@H]1C=N3)N=C[C@@H]1CC(c3ccc(CCC(=O)[C@H](C)CC(=O)[C@@H](NC(=O)CCCCCN4C(=O)C=CC4=O)C(C)C)cc3)=CN1C2=O. The maximum atomic E-state index is 14.1. The summed E-state index contributed by atoms with van der Waals surface area (Å²) in [5.41, 5.74) is 7.40. The number of nitrogens with one attached hydrogen (secondary N) is 1. The van der Waals surface area contributed by atoms with Gasteiger partial charge in [-0.25, -0.2) is 4.79 Å². The molecule has 9 rings (SSSR count). The van der Waals surface area contributed by atoms with E-state index >= 15 is 0 Å². The normalized spacial score (nSPS) is 17.7. The Bertz CT molecular complexity index is 3300. The van der Waals surface area contributed by atoms with E-state index in [0.717, 1.165) is 33.4 Å². The summed E-state index contributed by atoms with van der Waals surface area (Å²) < 4.78 is 18.0. The third-order valence-electron chi connectivity index (χ3n) is 15.3. The molecule has 5 aliphatic heterocycles. The molecule has 18 nitrogen and oxygen atoms in total. The first-order valence-corrected chi connectivity index (χ1v) is 27.5. The van der Waals surface area contributed by atoms with Crippen LogP contribution in [0.5, 0.6) is 17.2 Å². The summed E-state index contributed by atoms with van der Waals surface area (Å²) >= 11 is 0. The van der Waals surface area contributed by atoms with Gasteiger partial charge in [-0.2, -0.15) is 0 Å². The van der Waals surface area contributed by atoms with Gasteiger partial charge in [0.15, 0.2) is 17.3 Å². The number of ketones is 2. The standard InChI is InChI=1S/C63H66N6O12/c1-37(2)60(66-57(72)10-7-6-8-23-67-58(73)21-22-59(67)74)53(71)27-38(3)52(70)20-13-40-11-14-41(15-12-40)44-28-47-34-65-51-32-56(55(79-5)30-49(51)62(76)69(47)35-44)81-25-9-24-80-54-31-50-48(26-39(54)4)61(75)68-36-45(29-46(68)33-64-50)42-16-18-43(19-17-42)63(77)78/h11-12,14-19,21-22,26,30-38,46-47,60H,6-10,13,20,23-25,27-29H2,1-5H3,(H,66,72)(H,77,78)/t38-,46+,47+,60+/m1/s1. The summed E-state index contributed by atoms with van der Waals surface area (Å²) in [6, 6.07) is 20.1. The smallest absolute Gasteiger partial charge is 0.335 e. The molecule has 0 saturated heterocycles. The van der Waals surface area contributed by atoms with Crippen LogP contribution in [0.1, 0.15) is 132 Å². The van der Waals surface area contributed by atoms with E-state index in [1.807, 2.05) is 57.4 Å². The van der Waals surface area contributed by atoms with Crippen LogP contribution in [-0.4, -0.2) is 124 Å². The average Bonchev–Trinajstić information content (AvgIpc) is 4.18. The summed E-state index contributed by atoms with van der Waals surface area (Å²) in [5, 5.41) is 12.1. The minimum absolute atomic E-state index is 0.0193. The number of aliphatic imine (C=N–C) groups is 2. The second kappa shape index (κ2) is 25.1. The molecule has 0 fully saturated rings. The zero-order valence-corrected chi connectivity index (χ0v) is 46.1. The van der Waals surface area contributed by atoms with Crippen LogP contribution in [0.3, 0.4) is 0 Å². The minimum Gasteiger partial charge on any atom is -0.493 e. The second-order valence-corrected chi connectivity index (χ2v) is 21.4. The van der Waals surface area contributed by atoms with E-state index in [9.17, 15) is 43.5 Å². The van der Waals surface area contributed by atoms with Crippen molar-refractivity contribution in [2.45, 2.75) is 110 Å². The van der Waals surface area contributed by atoms with Gasteiger partial charge >= 0.3 is 5.97 Å². The number of amides is 5. The number of nitrogens with zero attached hydrogens (tertiary/aromatic N) is 5. The summed E-state index contributed by atoms with van der Waals surface area (Å²) in [5.74, 6) is -1.81. The van der Waals surface area contributed by atoms with Crippen LogP contribution >= 0.6 is 0 Å². The van der Waals surface area contributed by atoms with E-state index < -0.39 is 17.9 Å². The van der Waals surface area contributed by atoms with E-state index in [2.05, 4.69) is 5.32 Å². The van der Waals surface area contributed by atoms with Crippen LogP contribution in [0.2, 0.25) is 0 Å². The van der Waals surface area contributed by atoms with Crippen LogP contribution in [0, 0.1) is 18.8 Å². The lowest BCUT2D eigenvalue weighted by molar-refractivity contribution is -0.137. The number of hydrogen-bond donors (Lipinski definition) is 2. The van der Waals surface area contributed by atoms with Crippen LogP contribution in [0.4, 0.5) is 11.4 Å². The summed E-state index contributed by atoms with van der Waals surface area (Å²) in [6.07, 6.45) is 14.0. The summed E-state index contributed by atoms with van der Waals surface area (Å²) in [4.78, 5) is 116. The highest BCUT2D eigenvalue weighted by molar-refractivity contribution is 6.13. The number of carbonyl (C=O) groups is 8. The molecular weight excluding hydrogens is 1030 g/mol. The lowest BCUT2D eigenvalue weighted by Crippen LogP contribution is -2.45. The van der Waals surface area contributed by atoms with Crippen LogP contribution in [0.25, 0.3) is 11.1 Å². The molecule has 2 N–H and O–H groups in total. The van der Waals surface area contributed by atoms with Gasteiger partial charge in [-0.05, 0) is 89.8 Å². The summed E-state index contributed by atoms with van der Waals surface area (Å²) in [7, 11) is 1.52. The Morgan fingerprint density at radius 1 is 0.679 bits per heavy atom. The van der Waals surface area contributed by atoms with Gasteiger partial charge < -0.3 is 34.4 Å². The highest BCUT2D eigenvalue weighted by atomic mass is 16.5. The van der Waals surface area contributed by atoms with Crippen molar-refractivity contribution >= 4 is 82.0 Å². The Morgan fingerprint density at radius 2 is 1.25 bits per heavy atom. The van der Waals surface area contributed by atoms with Crippen molar-refractivity contribution in [1.82, 2.24) is 20.0 Å². The molecule has 0 unspecified atom stereocenters. The molecule has 81 heavy (non-hydrogen) atoms. The fourth-order valence-electron chi connectivity index (χ4n) is 10.6. The largest absolute Gasteiger partial charge is 0.493 e.